The first-order chi connectivity index (χ1) is 9.37. The van der Waals surface area contributed by atoms with E-state index in [-0.39, 0.29) is 37.0 Å². The molecule has 2 rings (SSSR count). The second-order valence-corrected chi connectivity index (χ2v) is 4.81. The van der Waals surface area contributed by atoms with Crippen LogP contribution in [-0.4, -0.2) is 23.8 Å². The van der Waals surface area contributed by atoms with Crippen molar-refractivity contribution < 1.29 is 22.7 Å². The van der Waals surface area contributed by atoms with E-state index in [4.69, 9.17) is 5.73 Å². The van der Waals surface area contributed by atoms with Gasteiger partial charge in [0.25, 0.3) is 0 Å². The highest BCUT2D eigenvalue weighted by molar-refractivity contribution is 7.22. The fraction of sp³-hybridized carbons (Fsp3) is 0.273. The van der Waals surface area contributed by atoms with E-state index in [1.165, 1.54) is 18.2 Å². The zero-order valence-corrected chi connectivity index (χ0v) is 12.1. The minimum absolute atomic E-state index is 0. The molecule has 0 aliphatic carbocycles. The third-order valence-corrected chi connectivity index (χ3v) is 3.14. The minimum atomic E-state index is -4.74. The molecule has 0 bridgehead atoms. The Labute approximate surface area is 127 Å². The van der Waals surface area contributed by atoms with Crippen LogP contribution in [0, 0.1) is 0 Å². The highest BCUT2D eigenvalue weighted by Crippen LogP contribution is 2.31. The zero-order valence-electron chi connectivity index (χ0n) is 10.4. The number of rotatable bonds is 4. The van der Waals surface area contributed by atoms with Gasteiger partial charge >= 0.3 is 6.36 Å². The van der Waals surface area contributed by atoms with Gasteiger partial charge in [0, 0.05) is 19.0 Å². The Morgan fingerprint density at radius 3 is 2.76 bits per heavy atom. The van der Waals surface area contributed by atoms with Crippen molar-refractivity contribution in [3.63, 3.8) is 0 Å². The maximum Gasteiger partial charge on any atom is 0.573 e. The summed E-state index contributed by atoms with van der Waals surface area (Å²) in [5, 5.41) is 2.83. The molecule has 0 radical (unpaired) electrons. The van der Waals surface area contributed by atoms with Gasteiger partial charge in [0.1, 0.15) is 5.75 Å². The lowest BCUT2D eigenvalue weighted by atomic mass is 10.3. The van der Waals surface area contributed by atoms with Crippen molar-refractivity contribution in [2.24, 2.45) is 5.73 Å². The summed E-state index contributed by atoms with van der Waals surface area (Å²) in [6.45, 7) is 0.209. The smallest absolute Gasteiger partial charge is 0.406 e. The molecule has 3 N–H and O–H groups in total. The zero-order chi connectivity index (χ0) is 14.8. The third-order valence-electron chi connectivity index (χ3n) is 2.21. The minimum Gasteiger partial charge on any atom is -0.406 e. The SMILES string of the molecule is Cl.NCCC(=O)Nc1nc2ccc(OC(F)(F)F)cc2s1. The number of nitrogens with zero attached hydrogens (tertiary/aromatic N) is 1. The molecule has 1 amide bonds. The molecule has 5 nitrogen and oxygen atoms in total. The van der Waals surface area contributed by atoms with E-state index in [9.17, 15) is 18.0 Å². The number of hydrogen-bond donors (Lipinski definition) is 2. The van der Waals surface area contributed by atoms with Crippen molar-refractivity contribution in [1.82, 2.24) is 4.98 Å². The molecule has 10 heteroatoms. The molecule has 21 heavy (non-hydrogen) atoms. The molecule has 2 aromatic rings. The number of nitrogens with one attached hydrogen (secondary N) is 1. The van der Waals surface area contributed by atoms with Gasteiger partial charge in [0.05, 0.1) is 10.2 Å². The highest BCUT2D eigenvalue weighted by atomic mass is 35.5. The van der Waals surface area contributed by atoms with Gasteiger partial charge < -0.3 is 15.8 Å². The Morgan fingerprint density at radius 1 is 1.43 bits per heavy atom. The number of benzene rings is 1. The average molecular weight is 342 g/mol. The molecule has 0 unspecified atom stereocenters. The summed E-state index contributed by atoms with van der Waals surface area (Å²) in [6, 6.07) is 3.78. The molecule has 116 valence electrons. The van der Waals surface area contributed by atoms with Crippen molar-refractivity contribution >= 4 is 45.0 Å². The van der Waals surface area contributed by atoms with E-state index >= 15 is 0 Å². The molecular weight excluding hydrogens is 331 g/mol. The number of ether oxygens (including phenoxy) is 1. The Morgan fingerprint density at radius 2 is 2.14 bits per heavy atom. The monoisotopic (exact) mass is 341 g/mol. The number of alkyl halides is 3. The number of thiazole rings is 1. The van der Waals surface area contributed by atoms with Crippen LogP contribution in [0.5, 0.6) is 5.75 Å². The summed E-state index contributed by atoms with van der Waals surface area (Å²) >= 11 is 1.06. The lowest BCUT2D eigenvalue weighted by molar-refractivity contribution is -0.274. The van der Waals surface area contributed by atoms with Gasteiger partial charge in [0.2, 0.25) is 5.91 Å². The second-order valence-electron chi connectivity index (χ2n) is 3.78. The molecule has 0 saturated heterocycles. The van der Waals surface area contributed by atoms with E-state index in [2.05, 4.69) is 15.0 Å². The summed E-state index contributed by atoms with van der Waals surface area (Å²) in [7, 11) is 0. The molecule has 0 aliphatic heterocycles. The fourth-order valence-electron chi connectivity index (χ4n) is 1.47. The maximum atomic E-state index is 12.1. The molecule has 1 heterocycles. The van der Waals surface area contributed by atoms with Gasteiger partial charge in [-0.3, -0.25) is 4.79 Å². The van der Waals surface area contributed by atoms with E-state index in [0.29, 0.717) is 15.3 Å². The van der Waals surface area contributed by atoms with Gasteiger partial charge in [-0.25, -0.2) is 4.98 Å². The summed E-state index contributed by atoms with van der Waals surface area (Å²) in [5.41, 5.74) is 5.72. The largest absolute Gasteiger partial charge is 0.573 e. The highest BCUT2D eigenvalue weighted by Gasteiger charge is 2.31. The van der Waals surface area contributed by atoms with Crippen LogP contribution >= 0.6 is 23.7 Å². The first-order valence-corrected chi connectivity index (χ1v) is 6.35. The van der Waals surface area contributed by atoms with E-state index in [1.54, 1.807) is 0 Å². The lowest BCUT2D eigenvalue weighted by Gasteiger charge is -2.07. The average Bonchev–Trinajstić information content (AvgIpc) is 2.68. The van der Waals surface area contributed by atoms with Crippen molar-refractivity contribution in [3.8, 4) is 5.75 Å². The van der Waals surface area contributed by atoms with Crippen molar-refractivity contribution in [2.75, 3.05) is 11.9 Å². The molecule has 0 fully saturated rings. The normalized spacial score (nSPS) is 11.0. The van der Waals surface area contributed by atoms with Gasteiger partial charge in [-0.2, -0.15) is 0 Å². The Balaban J connectivity index is 0.00000220. The number of anilines is 1. The number of carbonyl (C=O) groups excluding carboxylic acids is 1. The molecule has 0 saturated carbocycles. The van der Waals surface area contributed by atoms with Gasteiger partial charge in [-0.1, -0.05) is 11.3 Å². The van der Waals surface area contributed by atoms with E-state index in [1.807, 2.05) is 0 Å². The topological polar surface area (TPSA) is 77.2 Å². The number of aromatic nitrogens is 1. The molecule has 1 aromatic carbocycles. The Kier molecular flexibility index (Phi) is 5.76. The van der Waals surface area contributed by atoms with Crippen LogP contribution in [0.4, 0.5) is 18.3 Å². The predicted molar refractivity (Wildman–Crippen MR) is 75.9 cm³/mol. The number of halogens is 4. The van der Waals surface area contributed by atoms with Crippen molar-refractivity contribution in [1.29, 1.82) is 0 Å². The standard InChI is InChI=1S/C11H10F3N3O2S.ClH/c12-11(13,14)19-6-1-2-7-8(5-6)20-10(16-7)17-9(18)3-4-15;/h1-2,5H,3-4,15H2,(H,16,17,18);1H. The van der Waals surface area contributed by atoms with Gasteiger partial charge in [0.15, 0.2) is 5.13 Å². The first kappa shape index (κ1) is 17.5. The Hall–Kier alpha value is -1.58. The van der Waals surface area contributed by atoms with Gasteiger partial charge in [-0.15, -0.1) is 25.6 Å². The van der Waals surface area contributed by atoms with Crippen molar-refractivity contribution in [3.05, 3.63) is 18.2 Å². The number of fused-ring (bicyclic) bond motifs is 1. The van der Waals surface area contributed by atoms with E-state index < -0.39 is 6.36 Å². The lowest BCUT2D eigenvalue weighted by Crippen LogP contribution is -2.16. The molecule has 0 aliphatic rings. The summed E-state index contributed by atoms with van der Waals surface area (Å²) < 4.78 is 40.6. The number of amides is 1. The predicted octanol–water partition coefficient (Wildman–Crippen LogP) is 2.90. The maximum absolute atomic E-state index is 12.1. The number of nitrogens with two attached hydrogens (primary N) is 1. The van der Waals surface area contributed by atoms with E-state index in [0.717, 1.165) is 11.3 Å². The molecule has 1 aromatic heterocycles. The van der Waals surface area contributed by atoms with Crippen LogP contribution in [0.25, 0.3) is 10.2 Å². The van der Waals surface area contributed by atoms with Crippen LogP contribution in [0.1, 0.15) is 6.42 Å². The quantitative estimate of drug-likeness (QED) is 0.896. The van der Waals surface area contributed by atoms with Crippen LogP contribution in [0.2, 0.25) is 0 Å². The Bertz CT molecular complexity index is 633. The summed E-state index contributed by atoms with van der Waals surface area (Å²) in [5.74, 6) is -0.619. The molecule has 0 atom stereocenters. The van der Waals surface area contributed by atoms with Crippen molar-refractivity contribution in [2.45, 2.75) is 12.8 Å². The second kappa shape index (κ2) is 6.92. The molecule has 0 spiro atoms. The van der Waals surface area contributed by atoms with Gasteiger partial charge in [-0.05, 0) is 12.1 Å². The first-order valence-electron chi connectivity index (χ1n) is 5.53. The van der Waals surface area contributed by atoms with Crippen LogP contribution in [-0.2, 0) is 4.79 Å². The summed E-state index contributed by atoms with van der Waals surface area (Å²) in [6.07, 6.45) is -4.59. The third kappa shape index (κ3) is 5.03. The molecular formula is C11H11ClF3N3O2S. The summed E-state index contributed by atoms with van der Waals surface area (Å²) in [4.78, 5) is 15.4. The number of hydrogen-bond acceptors (Lipinski definition) is 5. The van der Waals surface area contributed by atoms with Crippen LogP contribution in [0.3, 0.4) is 0 Å². The van der Waals surface area contributed by atoms with Crippen LogP contribution < -0.4 is 15.8 Å². The van der Waals surface area contributed by atoms with Crippen LogP contribution in [0.15, 0.2) is 18.2 Å². The fourth-order valence-corrected chi connectivity index (χ4v) is 2.38. The number of carbonyl (C=O) groups is 1.